The summed E-state index contributed by atoms with van der Waals surface area (Å²) >= 11 is 0. The van der Waals surface area contributed by atoms with Gasteiger partial charge >= 0.3 is 0 Å². The molecule has 3 aliphatic heterocycles. The van der Waals surface area contributed by atoms with Crippen molar-refractivity contribution in [1.29, 1.82) is 0 Å². The number of halogens is 1. The van der Waals surface area contributed by atoms with Gasteiger partial charge in [0.2, 0.25) is 0 Å². The van der Waals surface area contributed by atoms with Crippen molar-refractivity contribution in [3.8, 4) is 0 Å². The molecule has 3 aliphatic rings. The lowest BCUT2D eigenvalue weighted by Gasteiger charge is -2.36. The van der Waals surface area contributed by atoms with Crippen LogP contribution in [0.25, 0.3) is 16.5 Å². The second-order valence-electron chi connectivity index (χ2n) is 8.05. The molecule has 1 aromatic heterocycles. The summed E-state index contributed by atoms with van der Waals surface area (Å²) < 4.78 is 13.7. The SMILES string of the molecule is CC1=C(CCN2CC=C(c3c[nH]c4ccc(F)cc34)CC2)C(=O)N2C=CC=CC2N1. The molecule has 1 atom stereocenters. The van der Waals surface area contributed by atoms with Crippen LogP contribution >= 0.6 is 0 Å². The van der Waals surface area contributed by atoms with Crippen molar-refractivity contribution in [3.05, 3.63) is 77.6 Å². The van der Waals surface area contributed by atoms with E-state index in [-0.39, 0.29) is 17.9 Å². The van der Waals surface area contributed by atoms with Crippen LogP contribution < -0.4 is 5.32 Å². The highest BCUT2D eigenvalue weighted by atomic mass is 19.1. The summed E-state index contributed by atoms with van der Waals surface area (Å²) in [6.45, 7) is 4.59. The van der Waals surface area contributed by atoms with Crippen LogP contribution in [0.5, 0.6) is 0 Å². The first kappa shape index (κ1) is 18.9. The normalized spacial score (nSPS) is 21.8. The summed E-state index contributed by atoms with van der Waals surface area (Å²) in [5, 5.41) is 4.35. The number of allylic oxidation sites excluding steroid dienone is 3. The van der Waals surface area contributed by atoms with Crippen LogP contribution in [-0.2, 0) is 4.79 Å². The molecule has 1 aromatic carbocycles. The summed E-state index contributed by atoms with van der Waals surface area (Å²) in [5.41, 5.74) is 5.12. The van der Waals surface area contributed by atoms with Crippen LogP contribution in [0.1, 0.15) is 25.3 Å². The fourth-order valence-corrected chi connectivity index (χ4v) is 4.52. The van der Waals surface area contributed by atoms with E-state index in [1.165, 1.54) is 11.6 Å². The number of aromatic nitrogens is 1. The van der Waals surface area contributed by atoms with E-state index in [2.05, 4.69) is 21.3 Å². The number of hydrogen-bond donors (Lipinski definition) is 2. The molecule has 6 heteroatoms. The number of rotatable bonds is 4. The third-order valence-electron chi connectivity index (χ3n) is 6.22. The zero-order valence-corrected chi connectivity index (χ0v) is 17.0. The van der Waals surface area contributed by atoms with E-state index in [4.69, 9.17) is 0 Å². The molecule has 0 fully saturated rings. The standard InChI is InChI=1S/C24H25FN4O/c1-16-19(24(30)29-10-3-2-4-23(29)27-16)9-13-28-11-7-17(8-12-28)21-15-26-22-6-5-18(25)14-20(21)22/h2-7,10,14-15,23,26-27H,8-9,11-13H2,1H3. The molecule has 0 aliphatic carbocycles. The molecule has 0 radical (unpaired) electrons. The zero-order chi connectivity index (χ0) is 20.7. The van der Waals surface area contributed by atoms with Gasteiger partial charge in [-0.25, -0.2) is 4.39 Å². The summed E-state index contributed by atoms with van der Waals surface area (Å²) in [4.78, 5) is 20.2. The molecule has 2 N–H and O–H groups in total. The first-order chi connectivity index (χ1) is 14.6. The quantitative estimate of drug-likeness (QED) is 0.813. The van der Waals surface area contributed by atoms with Crippen LogP contribution in [0.15, 0.2) is 66.2 Å². The highest BCUT2D eigenvalue weighted by molar-refractivity contribution is 5.96. The van der Waals surface area contributed by atoms with Gasteiger partial charge in [-0.1, -0.05) is 12.2 Å². The third-order valence-corrected chi connectivity index (χ3v) is 6.22. The molecule has 0 saturated heterocycles. The minimum atomic E-state index is -0.211. The summed E-state index contributed by atoms with van der Waals surface area (Å²) in [7, 11) is 0. The molecule has 2 aromatic rings. The van der Waals surface area contributed by atoms with Gasteiger partial charge in [0.1, 0.15) is 12.0 Å². The van der Waals surface area contributed by atoms with Gasteiger partial charge in [0, 0.05) is 59.8 Å². The maximum absolute atomic E-state index is 13.7. The van der Waals surface area contributed by atoms with E-state index in [1.807, 2.05) is 37.5 Å². The van der Waals surface area contributed by atoms with Crippen LogP contribution in [0.2, 0.25) is 0 Å². The number of nitrogens with zero attached hydrogens (tertiary/aromatic N) is 2. The first-order valence-corrected chi connectivity index (χ1v) is 10.4. The van der Waals surface area contributed by atoms with Gasteiger partial charge in [-0.15, -0.1) is 0 Å². The smallest absolute Gasteiger partial charge is 0.257 e. The molecule has 30 heavy (non-hydrogen) atoms. The average Bonchev–Trinajstić information content (AvgIpc) is 3.17. The van der Waals surface area contributed by atoms with Crippen LogP contribution in [0.3, 0.4) is 0 Å². The number of amides is 1. The van der Waals surface area contributed by atoms with Crippen molar-refractivity contribution >= 4 is 22.4 Å². The zero-order valence-electron chi connectivity index (χ0n) is 17.0. The minimum Gasteiger partial charge on any atom is -0.365 e. The fourth-order valence-electron chi connectivity index (χ4n) is 4.52. The van der Waals surface area contributed by atoms with E-state index in [0.29, 0.717) is 0 Å². The number of fused-ring (bicyclic) bond motifs is 2. The Labute approximate surface area is 175 Å². The Morgan fingerprint density at radius 1 is 1.27 bits per heavy atom. The number of benzene rings is 1. The summed E-state index contributed by atoms with van der Waals surface area (Å²) in [6, 6.07) is 4.87. The van der Waals surface area contributed by atoms with Crippen molar-refractivity contribution in [2.75, 3.05) is 19.6 Å². The molecule has 5 rings (SSSR count). The van der Waals surface area contributed by atoms with Gasteiger partial charge in [0.15, 0.2) is 0 Å². The van der Waals surface area contributed by atoms with Crippen molar-refractivity contribution in [1.82, 2.24) is 20.1 Å². The molecule has 1 unspecified atom stereocenters. The van der Waals surface area contributed by atoms with Gasteiger partial charge in [-0.3, -0.25) is 14.6 Å². The van der Waals surface area contributed by atoms with Gasteiger partial charge in [-0.05, 0) is 55.7 Å². The van der Waals surface area contributed by atoms with Crippen molar-refractivity contribution in [2.45, 2.75) is 25.9 Å². The van der Waals surface area contributed by atoms with Crippen molar-refractivity contribution < 1.29 is 9.18 Å². The largest absolute Gasteiger partial charge is 0.365 e. The fraction of sp³-hybridized carbons (Fsp3) is 0.292. The number of hydrogen-bond acceptors (Lipinski definition) is 3. The maximum Gasteiger partial charge on any atom is 0.257 e. The second kappa shape index (κ2) is 7.61. The van der Waals surface area contributed by atoms with E-state index < -0.39 is 0 Å². The van der Waals surface area contributed by atoms with Gasteiger partial charge in [0.05, 0.1) is 0 Å². The van der Waals surface area contributed by atoms with Gasteiger partial charge < -0.3 is 10.3 Å². The second-order valence-corrected chi connectivity index (χ2v) is 8.05. The third kappa shape index (κ3) is 3.37. The minimum absolute atomic E-state index is 0.0762. The molecule has 5 nitrogen and oxygen atoms in total. The molecule has 0 bridgehead atoms. The van der Waals surface area contributed by atoms with Crippen LogP contribution in [0, 0.1) is 5.82 Å². The monoisotopic (exact) mass is 404 g/mol. The highest BCUT2D eigenvalue weighted by Gasteiger charge is 2.30. The van der Waals surface area contributed by atoms with E-state index in [1.54, 1.807) is 17.0 Å². The van der Waals surface area contributed by atoms with Gasteiger partial charge in [0.25, 0.3) is 5.91 Å². The number of carbonyl (C=O) groups is 1. The molecule has 154 valence electrons. The Morgan fingerprint density at radius 2 is 2.17 bits per heavy atom. The Morgan fingerprint density at radius 3 is 3.00 bits per heavy atom. The molecule has 4 heterocycles. The predicted octanol–water partition coefficient (Wildman–Crippen LogP) is 3.90. The summed E-state index contributed by atoms with van der Waals surface area (Å²) in [5.74, 6) is -0.122. The number of carbonyl (C=O) groups excluding carboxylic acids is 1. The number of H-pyrrole nitrogens is 1. The lowest BCUT2D eigenvalue weighted by atomic mass is 9.98. The molecule has 0 saturated carbocycles. The lowest BCUT2D eigenvalue weighted by molar-refractivity contribution is -0.127. The molecular formula is C24H25FN4O. The van der Waals surface area contributed by atoms with Crippen molar-refractivity contribution in [2.24, 2.45) is 0 Å². The number of nitrogens with one attached hydrogen (secondary N) is 2. The molecule has 0 spiro atoms. The highest BCUT2D eigenvalue weighted by Crippen LogP contribution is 2.30. The first-order valence-electron chi connectivity index (χ1n) is 10.4. The topological polar surface area (TPSA) is 51.4 Å². The summed E-state index contributed by atoms with van der Waals surface area (Å²) in [6.07, 6.45) is 13.4. The molecule has 1 amide bonds. The number of aromatic amines is 1. The van der Waals surface area contributed by atoms with E-state index >= 15 is 0 Å². The Balaban J connectivity index is 1.25. The maximum atomic E-state index is 13.7. The Kier molecular flexibility index (Phi) is 4.79. The molecular weight excluding hydrogens is 379 g/mol. The predicted molar refractivity (Wildman–Crippen MR) is 117 cm³/mol. The Bertz CT molecular complexity index is 1120. The van der Waals surface area contributed by atoms with Crippen LogP contribution in [0.4, 0.5) is 4.39 Å². The average molecular weight is 404 g/mol. The van der Waals surface area contributed by atoms with Crippen molar-refractivity contribution in [3.63, 3.8) is 0 Å². The lowest BCUT2D eigenvalue weighted by Crippen LogP contribution is -2.50. The van der Waals surface area contributed by atoms with E-state index in [0.717, 1.165) is 60.2 Å². The van der Waals surface area contributed by atoms with E-state index in [9.17, 15) is 9.18 Å². The van der Waals surface area contributed by atoms with Gasteiger partial charge in [-0.2, -0.15) is 0 Å². The Hall–Kier alpha value is -3.12. The van der Waals surface area contributed by atoms with Crippen LogP contribution in [-0.4, -0.2) is 46.5 Å².